The largest absolute Gasteiger partial charge is 0.355 e. The van der Waals surface area contributed by atoms with Crippen molar-refractivity contribution in [1.82, 2.24) is 15.2 Å². The van der Waals surface area contributed by atoms with Crippen LogP contribution in [0, 0.1) is 6.92 Å². The number of hydrogen-bond acceptors (Lipinski definition) is 3. The number of rotatable bonds is 4. The molecule has 0 spiro atoms. The Morgan fingerprint density at radius 2 is 1.92 bits per heavy atom. The molecule has 2 rings (SSSR count). The van der Waals surface area contributed by atoms with E-state index in [1.165, 1.54) is 6.20 Å². The van der Waals surface area contributed by atoms with Gasteiger partial charge in [-0.15, -0.1) is 0 Å². The Morgan fingerprint density at radius 3 is 2.50 bits per heavy atom. The van der Waals surface area contributed by atoms with E-state index in [0.29, 0.717) is 32.9 Å². The van der Waals surface area contributed by atoms with Gasteiger partial charge in [-0.2, -0.15) is 0 Å². The lowest BCUT2D eigenvalue weighted by atomic mass is 10.1. The molecule has 0 aliphatic heterocycles. The van der Waals surface area contributed by atoms with Crippen molar-refractivity contribution in [3.05, 3.63) is 62.3 Å². The fourth-order valence-corrected chi connectivity index (χ4v) is 2.87. The molecule has 0 aliphatic carbocycles. The molecule has 0 saturated heterocycles. The Kier molecular flexibility index (Phi) is 5.96. The molecule has 2 amide bonds. The zero-order valence-corrected chi connectivity index (χ0v) is 15.9. The fourth-order valence-electron chi connectivity index (χ4n) is 2.16. The van der Waals surface area contributed by atoms with Crippen LogP contribution in [0.5, 0.6) is 0 Å². The van der Waals surface area contributed by atoms with Crippen molar-refractivity contribution in [2.45, 2.75) is 13.5 Å². The van der Waals surface area contributed by atoms with Gasteiger partial charge in [-0.05, 0) is 40.5 Å². The van der Waals surface area contributed by atoms with Crippen LogP contribution in [0.1, 0.15) is 32.0 Å². The molecule has 1 aromatic carbocycles. The summed E-state index contributed by atoms with van der Waals surface area (Å²) >= 11 is 9.49. The number of amides is 2. The third-order valence-corrected chi connectivity index (χ3v) is 5.09. The molecular weight excluding hydrogens is 394 g/mol. The fraction of sp³-hybridized carbons (Fsp3) is 0.235. The second-order valence-electron chi connectivity index (χ2n) is 5.32. The normalized spacial score (nSPS) is 10.4. The highest BCUT2D eigenvalue weighted by Gasteiger charge is 2.18. The van der Waals surface area contributed by atoms with Crippen LogP contribution in [0.25, 0.3) is 0 Å². The van der Waals surface area contributed by atoms with Gasteiger partial charge in [0.25, 0.3) is 11.8 Å². The molecule has 7 heteroatoms. The Bertz CT molecular complexity index is 778. The van der Waals surface area contributed by atoms with Crippen molar-refractivity contribution in [1.29, 1.82) is 0 Å². The lowest BCUT2D eigenvalue weighted by Crippen LogP contribution is -2.27. The molecule has 24 heavy (non-hydrogen) atoms. The van der Waals surface area contributed by atoms with Crippen molar-refractivity contribution in [2.24, 2.45) is 0 Å². The second kappa shape index (κ2) is 7.77. The molecule has 1 N–H and O–H groups in total. The number of carbonyl (C=O) groups is 2. The molecule has 0 aliphatic rings. The van der Waals surface area contributed by atoms with Crippen LogP contribution >= 0.6 is 27.5 Å². The molecule has 0 saturated carbocycles. The van der Waals surface area contributed by atoms with Crippen molar-refractivity contribution in [3.8, 4) is 0 Å². The first-order valence-electron chi connectivity index (χ1n) is 7.22. The predicted molar refractivity (Wildman–Crippen MR) is 97.3 cm³/mol. The van der Waals surface area contributed by atoms with Crippen LogP contribution in [0.4, 0.5) is 0 Å². The quantitative estimate of drug-likeness (QED) is 0.840. The van der Waals surface area contributed by atoms with Gasteiger partial charge in [0, 0.05) is 32.4 Å². The summed E-state index contributed by atoms with van der Waals surface area (Å²) in [5.41, 5.74) is 2.57. The van der Waals surface area contributed by atoms with Crippen LogP contribution in [-0.4, -0.2) is 35.8 Å². The second-order valence-corrected chi connectivity index (χ2v) is 6.49. The molecule has 126 valence electrons. The summed E-state index contributed by atoms with van der Waals surface area (Å²) in [6.07, 6.45) is 1.51. The molecule has 5 nitrogen and oxygen atoms in total. The number of carbonyl (C=O) groups excluding carboxylic acids is 2. The minimum atomic E-state index is -0.188. The molecule has 0 bridgehead atoms. The Labute approximate surface area is 154 Å². The van der Waals surface area contributed by atoms with E-state index in [0.717, 1.165) is 5.56 Å². The van der Waals surface area contributed by atoms with Gasteiger partial charge in [-0.25, -0.2) is 0 Å². The topological polar surface area (TPSA) is 62.3 Å². The van der Waals surface area contributed by atoms with Crippen LogP contribution in [0.15, 0.2) is 34.9 Å². The average molecular weight is 411 g/mol. The number of aryl methyl sites for hydroxylation is 1. The summed E-state index contributed by atoms with van der Waals surface area (Å²) in [6.45, 7) is 2.18. The summed E-state index contributed by atoms with van der Waals surface area (Å²) < 4.78 is 0.545. The maximum absolute atomic E-state index is 12.6. The van der Waals surface area contributed by atoms with Crippen molar-refractivity contribution >= 4 is 39.3 Å². The number of benzene rings is 1. The standard InChI is InChI=1S/C17H17BrClN3O2/c1-10-15(19)14(18)13(8-21-10)17(24)22(3)9-11-4-6-12(7-5-11)16(23)20-2/h4-8H,9H2,1-3H3,(H,20,23). The Hall–Kier alpha value is -1.92. The number of nitrogens with zero attached hydrogens (tertiary/aromatic N) is 2. The predicted octanol–water partition coefficient (Wildman–Crippen LogP) is 3.44. The highest BCUT2D eigenvalue weighted by molar-refractivity contribution is 9.10. The third-order valence-electron chi connectivity index (χ3n) is 3.57. The molecule has 0 fully saturated rings. The Morgan fingerprint density at radius 1 is 1.29 bits per heavy atom. The highest BCUT2D eigenvalue weighted by Crippen LogP contribution is 2.28. The van der Waals surface area contributed by atoms with E-state index in [4.69, 9.17) is 11.6 Å². The first-order valence-corrected chi connectivity index (χ1v) is 8.39. The first-order chi connectivity index (χ1) is 11.3. The first kappa shape index (κ1) is 18.4. The van der Waals surface area contributed by atoms with E-state index in [1.54, 1.807) is 38.1 Å². The number of nitrogens with one attached hydrogen (secondary N) is 1. The van der Waals surface area contributed by atoms with E-state index in [2.05, 4.69) is 26.2 Å². The van der Waals surface area contributed by atoms with Crippen LogP contribution in [0.3, 0.4) is 0 Å². The van der Waals surface area contributed by atoms with Gasteiger partial charge in [-0.1, -0.05) is 23.7 Å². The Balaban J connectivity index is 2.15. The van der Waals surface area contributed by atoms with Gasteiger partial charge >= 0.3 is 0 Å². The van der Waals surface area contributed by atoms with E-state index in [9.17, 15) is 9.59 Å². The lowest BCUT2D eigenvalue weighted by Gasteiger charge is -2.18. The van der Waals surface area contributed by atoms with Crippen LogP contribution in [-0.2, 0) is 6.54 Å². The van der Waals surface area contributed by atoms with Crippen LogP contribution in [0.2, 0.25) is 5.02 Å². The maximum atomic E-state index is 12.6. The summed E-state index contributed by atoms with van der Waals surface area (Å²) in [5.74, 6) is -0.332. The van der Waals surface area contributed by atoms with Crippen molar-refractivity contribution in [2.75, 3.05) is 14.1 Å². The summed E-state index contributed by atoms with van der Waals surface area (Å²) in [5, 5.41) is 3.00. The zero-order valence-electron chi connectivity index (χ0n) is 13.6. The van der Waals surface area contributed by atoms with E-state index in [-0.39, 0.29) is 11.8 Å². The monoisotopic (exact) mass is 409 g/mol. The maximum Gasteiger partial charge on any atom is 0.256 e. The summed E-state index contributed by atoms with van der Waals surface area (Å²) in [7, 11) is 3.29. The number of hydrogen-bond donors (Lipinski definition) is 1. The van der Waals surface area contributed by atoms with Gasteiger partial charge in [-0.3, -0.25) is 14.6 Å². The van der Waals surface area contributed by atoms with E-state index < -0.39 is 0 Å². The number of aromatic nitrogens is 1. The smallest absolute Gasteiger partial charge is 0.256 e. The molecule has 0 unspecified atom stereocenters. The molecule has 2 aromatic rings. The lowest BCUT2D eigenvalue weighted by molar-refractivity contribution is 0.0783. The minimum absolute atomic E-state index is 0.143. The summed E-state index contributed by atoms with van der Waals surface area (Å²) in [4.78, 5) is 29.8. The van der Waals surface area contributed by atoms with E-state index in [1.807, 2.05) is 12.1 Å². The van der Waals surface area contributed by atoms with Gasteiger partial charge < -0.3 is 10.2 Å². The van der Waals surface area contributed by atoms with Gasteiger partial charge in [0.15, 0.2) is 0 Å². The third kappa shape index (κ3) is 3.94. The van der Waals surface area contributed by atoms with E-state index >= 15 is 0 Å². The number of halogens is 2. The SMILES string of the molecule is CNC(=O)c1ccc(CN(C)C(=O)c2cnc(C)c(Cl)c2Br)cc1. The molecule has 0 radical (unpaired) electrons. The van der Waals surface area contributed by atoms with Gasteiger partial charge in [0.05, 0.1) is 20.8 Å². The van der Waals surface area contributed by atoms with Crippen molar-refractivity contribution in [3.63, 3.8) is 0 Å². The zero-order chi connectivity index (χ0) is 17.9. The van der Waals surface area contributed by atoms with Crippen molar-refractivity contribution < 1.29 is 9.59 Å². The van der Waals surface area contributed by atoms with Gasteiger partial charge in [0.2, 0.25) is 0 Å². The molecular formula is C17H17BrClN3O2. The average Bonchev–Trinajstić information content (AvgIpc) is 2.59. The molecule has 1 heterocycles. The van der Waals surface area contributed by atoms with Crippen LogP contribution < -0.4 is 5.32 Å². The molecule has 1 aromatic heterocycles. The summed E-state index contributed by atoms with van der Waals surface area (Å²) in [6, 6.07) is 7.10. The van der Waals surface area contributed by atoms with Gasteiger partial charge in [0.1, 0.15) is 0 Å². The number of pyridine rings is 1. The minimum Gasteiger partial charge on any atom is -0.355 e. The highest BCUT2D eigenvalue weighted by atomic mass is 79.9. The molecule has 0 atom stereocenters.